The first kappa shape index (κ1) is 17.7. The molecule has 0 aromatic carbocycles. The minimum Gasteiger partial charge on any atom is -0.396 e. The second-order valence-electron chi connectivity index (χ2n) is 5.55. The number of hydrogen-bond donors (Lipinski definition) is 2. The quantitative estimate of drug-likeness (QED) is 0.434. The Morgan fingerprint density at radius 1 is 1.11 bits per heavy atom. The van der Waals surface area contributed by atoms with E-state index in [-0.39, 0.29) is 18.6 Å². The monoisotopic (exact) mass is 256 g/mol. The van der Waals surface area contributed by atoms with Crippen LogP contribution in [0.15, 0.2) is 12.2 Å². The summed E-state index contributed by atoms with van der Waals surface area (Å²) in [6, 6.07) is 0. The van der Waals surface area contributed by atoms with Crippen molar-refractivity contribution in [1.82, 2.24) is 0 Å². The van der Waals surface area contributed by atoms with Gasteiger partial charge in [0.15, 0.2) is 0 Å². The Morgan fingerprint density at radius 3 is 2.44 bits per heavy atom. The fourth-order valence-electron chi connectivity index (χ4n) is 2.26. The molecule has 0 aliphatic heterocycles. The molecule has 18 heavy (non-hydrogen) atoms. The molecule has 0 bridgehead atoms. The van der Waals surface area contributed by atoms with E-state index in [1.807, 2.05) is 0 Å². The molecule has 3 unspecified atom stereocenters. The highest BCUT2D eigenvalue weighted by Crippen LogP contribution is 2.18. The molecule has 0 aliphatic carbocycles. The molecule has 0 fully saturated rings. The van der Waals surface area contributed by atoms with Crippen molar-refractivity contribution < 1.29 is 10.2 Å². The van der Waals surface area contributed by atoms with Gasteiger partial charge >= 0.3 is 0 Å². The number of hydrogen-bond acceptors (Lipinski definition) is 2. The molecule has 0 rings (SSSR count). The van der Waals surface area contributed by atoms with Crippen LogP contribution in [-0.4, -0.2) is 22.9 Å². The smallest absolute Gasteiger partial charge is 0.0587 e. The van der Waals surface area contributed by atoms with E-state index in [0.717, 1.165) is 6.42 Å². The van der Waals surface area contributed by atoms with Crippen molar-refractivity contribution in [3.8, 4) is 0 Å². The second kappa shape index (κ2) is 11.7. The van der Waals surface area contributed by atoms with Gasteiger partial charge in [-0.3, -0.25) is 0 Å². The van der Waals surface area contributed by atoms with Crippen LogP contribution in [-0.2, 0) is 0 Å². The van der Waals surface area contributed by atoms with Gasteiger partial charge < -0.3 is 10.2 Å². The Labute approximate surface area is 113 Å². The molecule has 2 nitrogen and oxygen atoms in total. The summed E-state index contributed by atoms with van der Waals surface area (Å²) in [6.07, 6.45) is 12.1. The fraction of sp³-hybridized carbons (Fsp3) is 0.875. The highest BCUT2D eigenvalue weighted by atomic mass is 16.3. The van der Waals surface area contributed by atoms with Crippen molar-refractivity contribution >= 4 is 0 Å². The molecule has 0 amide bonds. The van der Waals surface area contributed by atoms with Crippen molar-refractivity contribution in [2.24, 2.45) is 11.8 Å². The Morgan fingerprint density at radius 2 is 1.83 bits per heavy atom. The first-order valence-corrected chi connectivity index (χ1v) is 7.57. The third-order valence-corrected chi connectivity index (χ3v) is 3.51. The number of unbranched alkanes of at least 4 members (excludes halogenated alkanes) is 4. The number of rotatable bonds is 11. The van der Waals surface area contributed by atoms with Crippen LogP contribution in [0, 0.1) is 11.8 Å². The predicted octanol–water partition coefficient (Wildman–Crippen LogP) is 3.92. The van der Waals surface area contributed by atoms with Crippen LogP contribution in [0.25, 0.3) is 0 Å². The van der Waals surface area contributed by atoms with Gasteiger partial charge in [-0.05, 0) is 37.5 Å². The lowest BCUT2D eigenvalue weighted by Gasteiger charge is -2.20. The summed E-state index contributed by atoms with van der Waals surface area (Å²) in [4.78, 5) is 0. The van der Waals surface area contributed by atoms with Crippen LogP contribution < -0.4 is 0 Å². The minimum absolute atomic E-state index is 0.0765. The van der Waals surface area contributed by atoms with Crippen molar-refractivity contribution in [3.05, 3.63) is 12.2 Å². The van der Waals surface area contributed by atoms with Crippen LogP contribution in [0.1, 0.15) is 65.7 Å². The zero-order chi connectivity index (χ0) is 13.8. The lowest BCUT2D eigenvalue weighted by atomic mass is 9.91. The fourth-order valence-corrected chi connectivity index (χ4v) is 2.26. The van der Waals surface area contributed by atoms with Gasteiger partial charge in [-0.1, -0.05) is 52.2 Å². The van der Waals surface area contributed by atoms with E-state index in [1.54, 1.807) is 0 Å². The number of aliphatic hydroxyl groups excluding tert-OH is 2. The van der Waals surface area contributed by atoms with Gasteiger partial charge in [0.05, 0.1) is 6.10 Å². The molecule has 108 valence electrons. The normalized spacial score (nSPS) is 16.9. The lowest BCUT2D eigenvalue weighted by Crippen LogP contribution is -2.20. The topological polar surface area (TPSA) is 40.5 Å². The zero-order valence-corrected chi connectivity index (χ0v) is 12.4. The molecule has 0 spiro atoms. The van der Waals surface area contributed by atoms with E-state index in [2.05, 4.69) is 32.9 Å². The highest BCUT2D eigenvalue weighted by molar-refractivity contribution is 4.87. The molecular formula is C16H32O2. The summed E-state index contributed by atoms with van der Waals surface area (Å²) in [6.45, 7) is 6.57. The van der Waals surface area contributed by atoms with Crippen molar-refractivity contribution in [2.45, 2.75) is 71.8 Å². The van der Waals surface area contributed by atoms with Crippen LogP contribution >= 0.6 is 0 Å². The SMILES string of the molecule is CCCCCC/C=C/C(C)CC(C)C(O)CCO. The Bertz CT molecular complexity index is 201. The van der Waals surface area contributed by atoms with Gasteiger partial charge in [-0.2, -0.15) is 0 Å². The molecule has 0 heterocycles. The first-order chi connectivity index (χ1) is 8.61. The summed E-state index contributed by atoms with van der Waals surface area (Å²) in [5.41, 5.74) is 0. The summed E-state index contributed by atoms with van der Waals surface area (Å²) < 4.78 is 0. The van der Waals surface area contributed by atoms with Gasteiger partial charge in [0, 0.05) is 6.61 Å². The zero-order valence-electron chi connectivity index (χ0n) is 12.4. The molecule has 2 N–H and O–H groups in total. The Kier molecular flexibility index (Phi) is 11.5. The largest absolute Gasteiger partial charge is 0.396 e. The van der Waals surface area contributed by atoms with E-state index in [9.17, 15) is 5.11 Å². The second-order valence-corrected chi connectivity index (χ2v) is 5.55. The van der Waals surface area contributed by atoms with Gasteiger partial charge in [0.25, 0.3) is 0 Å². The lowest BCUT2D eigenvalue weighted by molar-refractivity contribution is 0.0782. The van der Waals surface area contributed by atoms with Crippen molar-refractivity contribution in [2.75, 3.05) is 6.61 Å². The third kappa shape index (κ3) is 9.67. The summed E-state index contributed by atoms with van der Waals surface area (Å²) in [5, 5.41) is 18.5. The molecule has 0 aromatic rings. The highest BCUT2D eigenvalue weighted by Gasteiger charge is 2.15. The van der Waals surface area contributed by atoms with Gasteiger partial charge in [0.2, 0.25) is 0 Å². The standard InChI is InChI=1S/C16H32O2/c1-4-5-6-7-8-9-10-14(2)13-15(3)16(18)11-12-17/h9-10,14-18H,4-8,11-13H2,1-3H3/b10-9+. The summed E-state index contributed by atoms with van der Waals surface area (Å²) >= 11 is 0. The summed E-state index contributed by atoms with van der Waals surface area (Å²) in [7, 11) is 0. The maximum Gasteiger partial charge on any atom is 0.0587 e. The van der Waals surface area contributed by atoms with E-state index < -0.39 is 0 Å². The van der Waals surface area contributed by atoms with Gasteiger partial charge in [0.1, 0.15) is 0 Å². The maximum absolute atomic E-state index is 9.75. The third-order valence-electron chi connectivity index (χ3n) is 3.51. The van der Waals surface area contributed by atoms with E-state index in [1.165, 1.54) is 32.1 Å². The number of aliphatic hydroxyl groups is 2. The van der Waals surface area contributed by atoms with Gasteiger partial charge in [-0.25, -0.2) is 0 Å². The van der Waals surface area contributed by atoms with Gasteiger partial charge in [-0.15, -0.1) is 0 Å². The average Bonchev–Trinajstić information content (AvgIpc) is 2.33. The van der Waals surface area contributed by atoms with Crippen molar-refractivity contribution in [1.29, 1.82) is 0 Å². The maximum atomic E-state index is 9.75. The molecule has 0 aromatic heterocycles. The number of allylic oxidation sites excluding steroid dienone is 2. The molecule has 0 saturated carbocycles. The molecule has 0 radical (unpaired) electrons. The van der Waals surface area contributed by atoms with Crippen LogP contribution in [0.3, 0.4) is 0 Å². The molecule has 2 heteroatoms. The summed E-state index contributed by atoms with van der Waals surface area (Å²) in [5.74, 6) is 0.774. The molecular weight excluding hydrogens is 224 g/mol. The van der Waals surface area contributed by atoms with E-state index in [0.29, 0.717) is 12.3 Å². The average molecular weight is 256 g/mol. The predicted molar refractivity (Wildman–Crippen MR) is 78.6 cm³/mol. The van der Waals surface area contributed by atoms with E-state index in [4.69, 9.17) is 5.11 Å². The Balaban J connectivity index is 3.68. The minimum atomic E-state index is -0.365. The molecule has 0 aliphatic rings. The van der Waals surface area contributed by atoms with Crippen LogP contribution in [0.4, 0.5) is 0 Å². The van der Waals surface area contributed by atoms with Crippen molar-refractivity contribution in [3.63, 3.8) is 0 Å². The van der Waals surface area contributed by atoms with Crippen LogP contribution in [0.5, 0.6) is 0 Å². The molecule has 3 atom stereocenters. The van der Waals surface area contributed by atoms with E-state index >= 15 is 0 Å². The Hall–Kier alpha value is -0.340. The van der Waals surface area contributed by atoms with Crippen LogP contribution in [0.2, 0.25) is 0 Å². The molecule has 0 saturated heterocycles. The first-order valence-electron chi connectivity index (χ1n) is 7.57.